The first-order valence-electron chi connectivity index (χ1n) is 6.21. The van der Waals surface area contributed by atoms with Crippen LogP contribution in [0.15, 0.2) is 39.9 Å². The summed E-state index contributed by atoms with van der Waals surface area (Å²) in [6.45, 7) is 0. The molecular weight excluding hydrogens is 324 g/mol. The van der Waals surface area contributed by atoms with Crippen molar-refractivity contribution < 1.29 is 4.42 Å². The Labute approximate surface area is 135 Å². The average molecular weight is 335 g/mol. The van der Waals surface area contributed by atoms with Gasteiger partial charge >= 0.3 is 0 Å². The molecule has 2 aromatic heterocycles. The molecule has 0 atom stereocenters. The van der Waals surface area contributed by atoms with Gasteiger partial charge in [-0.25, -0.2) is 9.97 Å². The van der Waals surface area contributed by atoms with E-state index in [9.17, 15) is 0 Å². The number of benzene rings is 1. The Morgan fingerprint density at radius 2 is 1.73 bits per heavy atom. The molecule has 0 spiro atoms. The summed E-state index contributed by atoms with van der Waals surface area (Å²) in [7, 11) is 0. The summed E-state index contributed by atoms with van der Waals surface area (Å²) >= 11 is 7.16. The molecule has 3 aromatic rings. The Morgan fingerprint density at radius 1 is 1.05 bits per heavy atom. The van der Waals surface area contributed by atoms with Crippen LogP contribution in [0.25, 0.3) is 11.5 Å². The number of nitrogen functional groups attached to an aromatic ring is 2. The first kappa shape index (κ1) is 14.6. The highest BCUT2D eigenvalue weighted by molar-refractivity contribution is 7.98. The van der Waals surface area contributed by atoms with E-state index in [4.69, 9.17) is 27.5 Å². The molecule has 112 valence electrons. The van der Waals surface area contributed by atoms with E-state index in [0.717, 1.165) is 5.56 Å². The van der Waals surface area contributed by atoms with Gasteiger partial charge in [0.2, 0.25) is 11.8 Å². The molecule has 3 rings (SSSR count). The van der Waals surface area contributed by atoms with Crippen molar-refractivity contribution in [3.8, 4) is 11.5 Å². The molecule has 7 nitrogen and oxygen atoms in total. The molecule has 22 heavy (non-hydrogen) atoms. The van der Waals surface area contributed by atoms with Crippen molar-refractivity contribution in [1.29, 1.82) is 0 Å². The van der Waals surface area contributed by atoms with Crippen LogP contribution in [0.3, 0.4) is 0 Å². The van der Waals surface area contributed by atoms with Gasteiger partial charge in [-0.1, -0.05) is 23.4 Å². The number of nitrogens with zero attached hydrogens (tertiary/aromatic N) is 4. The van der Waals surface area contributed by atoms with E-state index in [1.807, 2.05) is 12.1 Å². The predicted octanol–water partition coefficient (Wildman–Crippen LogP) is 2.64. The van der Waals surface area contributed by atoms with Gasteiger partial charge in [0, 0.05) is 16.7 Å². The Balaban J connectivity index is 1.70. The standard InChI is InChI=1S/C13H11ClN6OS/c14-8-3-1-7(2-4-8)12-20-19-11(21-12)6-22-13-17-9(15)5-10(16)18-13/h1-5H,6H2,(H4,15,16,17,18). The zero-order chi connectivity index (χ0) is 15.5. The fraction of sp³-hybridized carbons (Fsp3) is 0.0769. The summed E-state index contributed by atoms with van der Waals surface area (Å²) in [5.74, 6) is 1.95. The summed E-state index contributed by atoms with van der Waals surface area (Å²) in [4.78, 5) is 8.14. The second kappa shape index (κ2) is 6.20. The highest BCUT2D eigenvalue weighted by atomic mass is 35.5. The van der Waals surface area contributed by atoms with E-state index >= 15 is 0 Å². The maximum absolute atomic E-state index is 5.84. The van der Waals surface area contributed by atoms with E-state index in [0.29, 0.717) is 39.3 Å². The lowest BCUT2D eigenvalue weighted by molar-refractivity contribution is 0.528. The number of hydrogen-bond acceptors (Lipinski definition) is 8. The molecule has 0 amide bonds. The monoisotopic (exact) mass is 334 g/mol. The van der Waals surface area contributed by atoms with Gasteiger partial charge in [-0.05, 0) is 24.3 Å². The minimum Gasteiger partial charge on any atom is -0.420 e. The van der Waals surface area contributed by atoms with Crippen LogP contribution in [-0.2, 0) is 5.75 Å². The molecule has 0 bridgehead atoms. The Morgan fingerprint density at radius 3 is 2.41 bits per heavy atom. The van der Waals surface area contributed by atoms with Gasteiger partial charge in [0.15, 0.2) is 5.16 Å². The minimum atomic E-state index is 0.322. The number of anilines is 2. The molecule has 0 fully saturated rings. The van der Waals surface area contributed by atoms with Gasteiger partial charge in [0.1, 0.15) is 11.6 Å². The first-order valence-corrected chi connectivity index (χ1v) is 7.57. The average Bonchev–Trinajstić information content (AvgIpc) is 2.94. The van der Waals surface area contributed by atoms with Crippen LogP contribution in [0.4, 0.5) is 11.6 Å². The lowest BCUT2D eigenvalue weighted by Gasteiger charge is -2.00. The third-order valence-electron chi connectivity index (χ3n) is 2.63. The summed E-state index contributed by atoms with van der Waals surface area (Å²) < 4.78 is 5.59. The van der Waals surface area contributed by atoms with Gasteiger partial charge in [-0.15, -0.1) is 10.2 Å². The molecule has 1 aromatic carbocycles. The summed E-state index contributed by atoms with van der Waals surface area (Å²) in [5.41, 5.74) is 12.0. The Hall–Kier alpha value is -2.32. The lowest BCUT2D eigenvalue weighted by Crippen LogP contribution is -1.99. The van der Waals surface area contributed by atoms with Crippen LogP contribution in [0.5, 0.6) is 0 Å². The molecule has 0 saturated carbocycles. The summed E-state index contributed by atoms with van der Waals surface area (Å²) in [5, 5.41) is 9.10. The van der Waals surface area contributed by atoms with Crippen LogP contribution in [0.2, 0.25) is 5.02 Å². The van der Waals surface area contributed by atoms with E-state index in [1.54, 1.807) is 12.1 Å². The molecule has 0 aliphatic rings. The zero-order valence-corrected chi connectivity index (χ0v) is 12.8. The Kier molecular flexibility index (Phi) is 4.12. The zero-order valence-electron chi connectivity index (χ0n) is 11.2. The maximum atomic E-state index is 5.84. The smallest absolute Gasteiger partial charge is 0.247 e. The van der Waals surface area contributed by atoms with E-state index in [1.165, 1.54) is 17.8 Å². The van der Waals surface area contributed by atoms with E-state index in [-0.39, 0.29) is 0 Å². The third-order valence-corrected chi connectivity index (χ3v) is 3.71. The number of halogens is 1. The first-order chi connectivity index (χ1) is 10.6. The summed E-state index contributed by atoms with van der Waals surface area (Å²) in [6, 6.07) is 8.65. The lowest BCUT2D eigenvalue weighted by atomic mass is 10.2. The van der Waals surface area contributed by atoms with Crippen molar-refractivity contribution in [3.63, 3.8) is 0 Å². The maximum Gasteiger partial charge on any atom is 0.247 e. The van der Waals surface area contributed by atoms with Crippen molar-refractivity contribution >= 4 is 35.0 Å². The fourth-order valence-electron chi connectivity index (χ4n) is 1.67. The molecule has 4 N–H and O–H groups in total. The van der Waals surface area contributed by atoms with Gasteiger partial charge in [-0.3, -0.25) is 0 Å². The molecule has 0 saturated heterocycles. The van der Waals surface area contributed by atoms with E-state index in [2.05, 4.69) is 20.2 Å². The van der Waals surface area contributed by atoms with E-state index < -0.39 is 0 Å². The van der Waals surface area contributed by atoms with Gasteiger partial charge in [0.25, 0.3) is 0 Å². The van der Waals surface area contributed by atoms with Crippen LogP contribution in [0.1, 0.15) is 5.89 Å². The van der Waals surface area contributed by atoms with Crippen LogP contribution >= 0.6 is 23.4 Å². The second-order valence-electron chi connectivity index (χ2n) is 4.30. The SMILES string of the molecule is Nc1cc(N)nc(SCc2nnc(-c3ccc(Cl)cc3)o2)n1. The van der Waals surface area contributed by atoms with Crippen molar-refractivity contribution in [1.82, 2.24) is 20.2 Å². The number of thioether (sulfide) groups is 1. The molecule has 9 heteroatoms. The van der Waals surface area contributed by atoms with Crippen molar-refractivity contribution in [2.24, 2.45) is 0 Å². The molecular formula is C13H11ClN6OS. The quantitative estimate of drug-likeness (QED) is 0.552. The highest BCUT2D eigenvalue weighted by Crippen LogP contribution is 2.24. The van der Waals surface area contributed by atoms with Crippen LogP contribution < -0.4 is 11.5 Å². The molecule has 0 aliphatic carbocycles. The van der Waals surface area contributed by atoms with Crippen LogP contribution in [-0.4, -0.2) is 20.2 Å². The van der Waals surface area contributed by atoms with Crippen molar-refractivity contribution in [3.05, 3.63) is 41.2 Å². The largest absolute Gasteiger partial charge is 0.420 e. The van der Waals surface area contributed by atoms with Gasteiger partial charge in [-0.2, -0.15) is 0 Å². The second-order valence-corrected chi connectivity index (χ2v) is 5.68. The number of aromatic nitrogens is 4. The number of rotatable bonds is 4. The fourth-order valence-corrected chi connectivity index (χ4v) is 2.51. The molecule has 0 aliphatic heterocycles. The van der Waals surface area contributed by atoms with Crippen molar-refractivity contribution in [2.45, 2.75) is 10.9 Å². The predicted molar refractivity (Wildman–Crippen MR) is 85.2 cm³/mol. The van der Waals surface area contributed by atoms with Gasteiger partial charge in [0.05, 0.1) is 5.75 Å². The molecule has 2 heterocycles. The van der Waals surface area contributed by atoms with Crippen molar-refractivity contribution in [2.75, 3.05) is 11.5 Å². The molecule has 0 unspecified atom stereocenters. The van der Waals surface area contributed by atoms with Gasteiger partial charge < -0.3 is 15.9 Å². The minimum absolute atomic E-state index is 0.322. The number of hydrogen-bond donors (Lipinski definition) is 2. The Bertz CT molecular complexity index is 771. The highest BCUT2D eigenvalue weighted by Gasteiger charge is 2.10. The van der Waals surface area contributed by atoms with Crippen LogP contribution in [0, 0.1) is 0 Å². The normalized spacial score (nSPS) is 10.8. The number of nitrogens with two attached hydrogens (primary N) is 2. The summed E-state index contributed by atoms with van der Waals surface area (Å²) in [6.07, 6.45) is 0. The third kappa shape index (κ3) is 3.46. The molecule has 0 radical (unpaired) electrons. The topological polar surface area (TPSA) is 117 Å².